The molecule has 0 aliphatic carbocycles. The smallest absolute Gasteiger partial charge is 0.339 e. The van der Waals surface area contributed by atoms with Crippen molar-refractivity contribution in [3.8, 4) is 17.2 Å². The number of hydrogen-bond acceptors (Lipinski definition) is 10. The van der Waals surface area contributed by atoms with Gasteiger partial charge in [-0.05, 0) is 108 Å². The first-order chi connectivity index (χ1) is 22.1. The molecule has 1 atom stereocenters. The van der Waals surface area contributed by atoms with Crippen LogP contribution >= 0.6 is 0 Å². The van der Waals surface area contributed by atoms with E-state index in [0.29, 0.717) is 33.2 Å². The van der Waals surface area contributed by atoms with E-state index in [1.54, 1.807) is 66.7 Å². The maximum Gasteiger partial charge on any atom is 0.339 e. The molecule has 0 aromatic heterocycles. The van der Waals surface area contributed by atoms with Gasteiger partial charge in [0.05, 0.1) is 30.2 Å². The Morgan fingerprint density at radius 1 is 0.696 bits per heavy atom. The molecule has 0 bridgehead atoms. The highest BCUT2D eigenvalue weighted by Crippen LogP contribution is 2.30. The minimum absolute atomic E-state index is 0.0343. The summed E-state index contributed by atoms with van der Waals surface area (Å²) in [5.74, 6) is -0.164. The number of fused-ring (bicyclic) bond motifs is 1. The number of hydrogen-bond donors (Lipinski definition) is 0. The van der Waals surface area contributed by atoms with Crippen molar-refractivity contribution >= 4 is 43.9 Å². The molecule has 0 amide bonds. The zero-order valence-corrected chi connectivity index (χ0v) is 26.6. The second-order valence-electron chi connectivity index (χ2n) is 9.95. The molecule has 12 heteroatoms. The Bertz CT molecular complexity index is 2020. The monoisotopic (exact) mass is 660 g/mol. The Kier molecular flexibility index (Phi) is 9.69. The van der Waals surface area contributed by atoms with Crippen molar-refractivity contribution in [2.75, 3.05) is 14.2 Å². The lowest BCUT2D eigenvalue weighted by Crippen LogP contribution is -2.11. The Balaban J connectivity index is 1.47. The largest absolute Gasteiger partial charge is 0.489 e. The molecular weight excluding hydrogens is 632 g/mol. The van der Waals surface area contributed by atoms with Gasteiger partial charge in [0.25, 0.3) is 0 Å². The summed E-state index contributed by atoms with van der Waals surface area (Å²) in [6.45, 7) is 1.84. The van der Waals surface area contributed by atoms with Gasteiger partial charge in [-0.1, -0.05) is 23.8 Å². The van der Waals surface area contributed by atoms with Crippen LogP contribution < -0.4 is 13.1 Å². The first kappa shape index (κ1) is 32.2. The van der Waals surface area contributed by atoms with Crippen molar-refractivity contribution in [1.29, 1.82) is 0 Å². The number of carbonyl (C=O) groups excluding carboxylic acids is 2. The molecule has 1 unspecified atom stereocenters. The molecule has 0 aliphatic rings. The molecule has 5 rings (SSSR count). The standard InChI is InChI=1S/C34H28O10S2/c1-22-4-10-29(11-5-22)44-46(38,39)31-19-25-18-30(45(37)43-28-14-8-24(9-15-28)34(36)41-3)16-17-32(25)26(20-31)21-42-27-12-6-23(7-13-27)33(35)40-2/h4-20H,21H2,1-3H3. The lowest BCUT2D eigenvalue weighted by Gasteiger charge is -2.14. The molecule has 10 nitrogen and oxygen atoms in total. The van der Waals surface area contributed by atoms with Gasteiger partial charge in [0.1, 0.15) is 28.8 Å². The van der Waals surface area contributed by atoms with Crippen LogP contribution in [0.2, 0.25) is 0 Å². The van der Waals surface area contributed by atoms with E-state index in [2.05, 4.69) is 0 Å². The molecule has 0 aliphatic heterocycles. The molecule has 0 heterocycles. The number of benzene rings is 5. The Labute approximate surface area is 268 Å². The zero-order chi connectivity index (χ0) is 32.8. The van der Waals surface area contributed by atoms with Crippen molar-refractivity contribution in [1.82, 2.24) is 0 Å². The second kappa shape index (κ2) is 13.8. The summed E-state index contributed by atoms with van der Waals surface area (Å²) in [7, 11) is -1.73. The van der Waals surface area contributed by atoms with E-state index in [0.717, 1.165) is 5.56 Å². The normalized spacial score (nSPS) is 11.8. The molecule has 236 valence electrons. The van der Waals surface area contributed by atoms with Crippen molar-refractivity contribution in [2.24, 2.45) is 0 Å². The van der Waals surface area contributed by atoms with Crippen LogP contribution in [0.1, 0.15) is 31.8 Å². The van der Waals surface area contributed by atoms with Gasteiger partial charge in [-0.25, -0.2) is 13.8 Å². The fourth-order valence-corrected chi connectivity index (χ4v) is 6.20. The molecule has 0 radical (unpaired) electrons. The molecular formula is C34H28O10S2. The highest BCUT2D eigenvalue weighted by atomic mass is 32.2. The highest BCUT2D eigenvalue weighted by molar-refractivity contribution is 7.87. The SMILES string of the molecule is COC(=O)c1ccc(OCc2cc(S(=O)(=O)Oc3ccc(C)cc3)cc3cc(S(=O)Oc4ccc(C(=O)OC)cc4)ccc23)cc1. The minimum Gasteiger partial charge on any atom is -0.489 e. The van der Waals surface area contributed by atoms with E-state index < -0.39 is 33.1 Å². The fourth-order valence-electron chi connectivity index (χ4n) is 4.40. The van der Waals surface area contributed by atoms with Crippen LogP contribution in [0.3, 0.4) is 0 Å². The Hall–Kier alpha value is -5.20. The summed E-state index contributed by atoms with van der Waals surface area (Å²) in [4.78, 5) is 23.6. The van der Waals surface area contributed by atoms with Crippen molar-refractivity contribution in [3.63, 3.8) is 0 Å². The lowest BCUT2D eigenvalue weighted by molar-refractivity contribution is 0.0592. The van der Waals surface area contributed by atoms with Crippen molar-refractivity contribution in [2.45, 2.75) is 23.3 Å². The molecule has 5 aromatic rings. The molecule has 0 N–H and O–H groups in total. The van der Waals surface area contributed by atoms with E-state index in [1.165, 1.54) is 50.6 Å². The zero-order valence-electron chi connectivity index (χ0n) is 24.9. The van der Waals surface area contributed by atoms with Crippen LogP contribution in [0.5, 0.6) is 17.2 Å². The number of aryl methyl sites for hydroxylation is 1. The topological polar surface area (TPSA) is 132 Å². The third-order valence-electron chi connectivity index (χ3n) is 6.81. The molecule has 5 aromatic carbocycles. The first-order valence-corrected chi connectivity index (χ1v) is 16.2. The van der Waals surface area contributed by atoms with Gasteiger partial charge in [0.15, 0.2) is 0 Å². The predicted molar refractivity (Wildman–Crippen MR) is 170 cm³/mol. The van der Waals surface area contributed by atoms with Crippen molar-refractivity contribution in [3.05, 3.63) is 125 Å². The van der Waals surface area contributed by atoms with E-state index in [9.17, 15) is 22.2 Å². The van der Waals surface area contributed by atoms with E-state index in [4.69, 9.17) is 22.6 Å². The van der Waals surface area contributed by atoms with Gasteiger partial charge in [-0.3, -0.25) is 0 Å². The molecule has 0 saturated heterocycles. The quantitative estimate of drug-likeness (QED) is 0.120. The van der Waals surface area contributed by atoms with Crippen LogP contribution in [0.4, 0.5) is 0 Å². The molecule has 0 spiro atoms. The van der Waals surface area contributed by atoms with Crippen LogP contribution in [-0.2, 0) is 37.3 Å². The number of rotatable bonds is 11. The van der Waals surface area contributed by atoms with Crippen LogP contribution in [0.15, 0.2) is 113 Å². The van der Waals surface area contributed by atoms with Crippen LogP contribution in [0.25, 0.3) is 10.8 Å². The fraction of sp³-hybridized carbons (Fsp3) is 0.118. The Morgan fingerprint density at radius 3 is 1.85 bits per heavy atom. The second-order valence-corrected chi connectivity index (χ2v) is 12.6. The molecule has 46 heavy (non-hydrogen) atoms. The lowest BCUT2D eigenvalue weighted by atomic mass is 10.1. The summed E-state index contributed by atoms with van der Waals surface area (Å²) in [5, 5.41) is 1.09. The van der Waals surface area contributed by atoms with Gasteiger partial charge >= 0.3 is 22.1 Å². The summed E-state index contributed by atoms with van der Waals surface area (Å²) in [6.07, 6.45) is 0. The predicted octanol–water partition coefficient (Wildman–Crippen LogP) is 6.17. The number of esters is 2. The average molecular weight is 661 g/mol. The van der Waals surface area contributed by atoms with Crippen molar-refractivity contribution < 1.29 is 44.8 Å². The molecule has 0 fully saturated rings. The average Bonchev–Trinajstić information content (AvgIpc) is 3.07. The van der Waals surface area contributed by atoms with E-state index >= 15 is 0 Å². The summed E-state index contributed by atoms with van der Waals surface area (Å²) >= 11 is -1.98. The summed E-state index contributed by atoms with van der Waals surface area (Å²) in [6, 6.07) is 26.6. The summed E-state index contributed by atoms with van der Waals surface area (Å²) < 4.78 is 66.4. The third-order valence-corrected chi connectivity index (χ3v) is 9.02. The highest BCUT2D eigenvalue weighted by Gasteiger charge is 2.21. The Morgan fingerprint density at radius 2 is 1.26 bits per heavy atom. The van der Waals surface area contributed by atoms with Gasteiger partial charge < -0.3 is 22.6 Å². The van der Waals surface area contributed by atoms with E-state index in [1.807, 2.05) is 6.92 Å². The van der Waals surface area contributed by atoms with Crippen LogP contribution in [-0.4, -0.2) is 38.8 Å². The van der Waals surface area contributed by atoms with Gasteiger partial charge in [-0.2, -0.15) is 8.42 Å². The summed E-state index contributed by atoms with van der Waals surface area (Å²) in [5.41, 5.74) is 2.11. The van der Waals surface area contributed by atoms with Crippen LogP contribution in [0, 0.1) is 6.92 Å². The van der Waals surface area contributed by atoms with E-state index in [-0.39, 0.29) is 27.9 Å². The van der Waals surface area contributed by atoms with Gasteiger partial charge in [0.2, 0.25) is 11.1 Å². The minimum atomic E-state index is -4.29. The maximum atomic E-state index is 13.4. The van der Waals surface area contributed by atoms with Gasteiger partial charge in [-0.15, -0.1) is 0 Å². The third kappa shape index (κ3) is 7.53. The van der Waals surface area contributed by atoms with Gasteiger partial charge in [0, 0.05) is 0 Å². The number of methoxy groups -OCH3 is 2. The number of carbonyl (C=O) groups is 2. The first-order valence-electron chi connectivity index (χ1n) is 13.7. The number of ether oxygens (including phenoxy) is 3. The maximum absolute atomic E-state index is 13.4. The molecule has 0 saturated carbocycles.